The molecule has 2 aliphatic heterocycles. The number of hydrogen-bond acceptors (Lipinski definition) is 6. The molecule has 0 saturated carbocycles. The molecule has 3 aromatic rings. The summed E-state index contributed by atoms with van der Waals surface area (Å²) in [5.74, 6) is 0.00872. The zero-order chi connectivity index (χ0) is 21.6. The fourth-order valence-electron chi connectivity index (χ4n) is 4.44. The molecule has 0 aromatic carbocycles. The second-order valence-corrected chi connectivity index (χ2v) is 11.9. The van der Waals surface area contributed by atoms with Gasteiger partial charge in [0.15, 0.2) is 15.1 Å². The van der Waals surface area contributed by atoms with E-state index >= 15 is 0 Å². The minimum absolute atomic E-state index is 0.00872. The summed E-state index contributed by atoms with van der Waals surface area (Å²) in [5.41, 5.74) is 0.938. The standard InChI is InChI=1S/C20H21ClN4O3S3/c21-17-18(25-10-12-30-19(25)22-17)31(27,28)24-9-6-20(14-24)4-7-23(8-5-20)16(26)2-1-15-3-11-29-13-15/h1-3,10-13H,4-9,14H2. The predicted molar refractivity (Wildman–Crippen MR) is 123 cm³/mol. The monoisotopic (exact) mass is 496 g/mol. The molecule has 2 fully saturated rings. The average molecular weight is 497 g/mol. The van der Waals surface area contributed by atoms with Gasteiger partial charge in [-0.15, -0.1) is 11.3 Å². The van der Waals surface area contributed by atoms with Gasteiger partial charge < -0.3 is 4.90 Å². The summed E-state index contributed by atoms with van der Waals surface area (Å²) in [6.07, 6.45) is 7.54. The maximum Gasteiger partial charge on any atom is 0.262 e. The molecule has 0 bridgehead atoms. The van der Waals surface area contributed by atoms with Gasteiger partial charge >= 0.3 is 0 Å². The number of carbonyl (C=O) groups is 1. The number of thiazole rings is 1. The van der Waals surface area contributed by atoms with Gasteiger partial charge in [-0.3, -0.25) is 9.20 Å². The second-order valence-electron chi connectivity index (χ2n) is 8.07. The van der Waals surface area contributed by atoms with Crippen LogP contribution >= 0.6 is 34.3 Å². The lowest BCUT2D eigenvalue weighted by atomic mass is 9.78. The number of fused-ring (bicyclic) bond motifs is 1. The number of nitrogens with zero attached hydrogens (tertiary/aromatic N) is 4. The third kappa shape index (κ3) is 3.84. The molecule has 2 aliphatic rings. The Bertz CT molecular complexity index is 1240. The van der Waals surface area contributed by atoms with Crippen molar-refractivity contribution in [3.63, 3.8) is 0 Å². The van der Waals surface area contributed by atoms with Crippen LogP contribution in [0.5, 0.6) is 0 Å². The van der Waals surface area contributed by atoms with E-state index in [1.807, 2.05) is 27.8 Å². The van der Waals surface area contributed by atoms with Crippen molar-refractivity contribution in [3.8, 4) is 0 Å². The van der Waals surface area contributed by atoms with Crippen molar-refractivity contribution >= 4 is 61.2 Å². The van der Waals surface area contributed by atoms with Gasteiger partial charge in [-0.1, -0.05) is 11.6 Å². The van der Waals surface area contributed by atoms with Gasteiger partial charge in [0.25, 0.3) is 10.0 Å². The van der Waals surface area contributed by atoms with Crippen LogP contribution in [0, 0.1) is 5.41 Å². The van der Waals surface area contributed by atoms with Crippen LogP contribution in [0.2, 0.25) is 5.15 Å². The van der Waals surface area contributed by atoms with E-state index in [0.717, 1.165) is 24.8 Å². The number of halogens is 1. The van der Waals surface area contributed by atoms with Gasteiger partial charge in [-0.25, -0.2) is 13.4 Å². The molecular weight excluding hydrogens is 476 g/mol. The van der Waals surface area contributed by atoms with E-state index in [-0.39, 0.29) is 21.5 Å². The number of piperidine rings is 1. The van der Waals surface area contributed by atoms with E-state index < -0.39 is 10.0 Å². The van der Waals surface area contributed by atoms with E-state index in [9.17, 15) is 13.2 Å². The van der Waals surface area contributed by atoms with Crippen molar-refractivity contribution in [1.82, 2.24) is 18.6 Å². The van der Waals surface area contributed by atoms with Gasteiger partial charge in [0, 0.05) is 43.8 Å². The number of thiophene rings is 1. The first-order valence-electron chi connectivity index (χ1n) is 9.98. The van der Waals surface area contributed by atoms with E-state index in [4.69, 9.17) is 11.6 Å². The zero-order valence-corrected chi connectivity index (χ0v) is 19.8. The number of carbonyl (C=O) groups excluding carboxylic acids is 1. The summed E-state index contributed by atoms with van der Waals surface area (Å²) in [4.78, 5) is 19.1. The maximum atomic E-state index is 13.3. The molecule has 0 radical (unpaired) electrons. The Balaban J connectivity index is 1.26. The summed E-state index contributed by atoms with van der Waals surface area (Å²) in [6, 6.07) is 1.98. The largest absolute Gasteiger partial charge is 0.339 e. The van der Waals surface area contributed by atoms with Gasteiger partial charge in [0.05, 0.1) is 0 Å². The number of amides is 1. The Kier molecular flexibility index (Phi) is 5.46. The average Bonchev–Trinajstić information content (AvgIpc) is 3.51. The lowest BCUT2D eigenvalue weighted by Crippen LogP contribution is -2.44. The number of imidazole rings is 1. The van der Waals surface area contributed by atoms with E-state index in [1.54, 1.807) is 33.4 Å². The van der Waals surface area contributed by atoms with Crippen LogP contribution < -0.4 is 0 Å². The highest BCUT2D eigenvalue weighted by atomic mass is 35.5. The smallest absolute Gasteiger partial charge is 0.262 e. The molecule has 3 aromatic heterocycles. The Hall–Kier alpha value is -1.72. The highest BCUT2D eigenvalue weighted by Crippen LogP contribution is 2.43. The Labute approximate surface area is 193 Å². The first kappa shape index (κ1) is 21.1. The van der Waals surface area contributed by atoms with Crippen molar-refractivity contribution < 1.29 is 13.2 Å². The summed E-state index contributed by atoms with van der Waals surface area (Å²) in [6.45, 7) is 2.20. The van der Waals surface area contributed by atoms with Crippen LogP contribution in [0.25, 0.3) is 11.0 Å². The van der Waals surface area contributed by atoms with Crippen LogP contribution in [0.15, 0.2) is 39.5 Å². The van der Waals surface area contributed by atoms with Crippen molar-refractivity contribution in [2.45, 2.75) is 24.3 Å². The fourth-order valence-corrected chi connectivity index (χ4v) is 8.03. The molecule has 5 rings (SSSR count). The van der Waals surface area contributed by atoms with Crippen LogP contribution in [-0.2, 0) is 14.8 Å². The minimum atomic E-state index is -3.74. The van der Waals surface area contributed by atoms with E-state index in [0.29, 0.717) is 31.1 Å². The van der Waals surface area contributed by atoms with Gasteiger partial charge in [-0.05, 0) is 53.1 Å². The molecule has 0 atom stereocenters. The molecule has 5 heterocycles. The second kappa shape index (κ2) is 8.00. The van der Waals surface area contributed by atoms with Crippen molar-refractivity contribution in [2.75, 3.05) is 26.2 Å². The summed E-state index contributed by atoms with van der Waals surface area (Å²) >= 11 is 9.14. The third-order valence-corrected chi connectivity index (χ3v) is 9.97. The van der Waals surface area contributed by atoms with Gasteiger partial charge in [0.2, 0.25) is 5.91 Å². The molecule has 7 nitrogen and oxygen atoms in total. The van der Waals surface area contributed by atoms with Gasteiger partial charge in [0.1, 0.15) is 0 Å². The molecule has 0 aliphatic carbocycles. The van der Waals surface area contributed by atoms with Crippen LogP contribution in [0.4, 0.5) is 0 Å². The summed E-state index contributed by atoms with van der Waals surface area (Å²) < 4.78 is 29.8. The Morgan fingerprint density at radius 2 is 1.97 bits per heavy atom. The molecule has 2 saturated heterocycles. The zero-order valence-electron chi connectivity index (χ0n) is 16.6. The fraction of sp³-hybridized carbons (Fsp3) is 0.400. The SMILES string of the molecule is O=C(C=Cc1ccsc1)N1CCC2(CC1)CCN(S(=O)(=O)c1c(Cl)nc3sccn13)C2. The molecule has 11 heteroatoms. The molecule has 0 N–H and O–H groups in total. The summed E-state index contributed by atoms with van der Waals surface area (Å²) in [7, 11) is -3.74. The highest BCUT2D eigenvalue weighted by Gasteiger charge is 2.46. The van der Waals surface area contributed by atoms with Gasteiger partial charge in [-0.2, -0.15) is 15.6 Å². The van der Waals surface area contributed by atoms with Crippen LogP contribution in [-0.4, -0.2) is 59.1 Å². The lowest BCUT2D eigenvalue weighted by Gasteiger charge is -2.38. The number of rotatable bonds is 4. The molecule has 1 spiro atoms. The number of aromatic nitrogens is 2. The third-order valence-electron chi connectivity index (χ3n) is 6.26. The van der Waals surface area contributed by atoms with Crippen molar-refractivity contribution in [3.05, 3.63) is 45.2 Å². The minimum Gasteiger partial charge on any atom is -0.339 e. The normalized spacial score (nSPS) is 19.8. The topological polar surface area (TPSA) is 75.0 Å². The van der Waals surface area contributed by atoms with Crippen LogP contribution in [0.3, 0.4) is 0 Å². The van der Waals surface area contributed by atoms with E-state index in [1.165, 1.54) is 15.6 Å². The Morgan fingerprint density at radius 1 is 1.19 bits per heavy atom. The first-order valence-corrected chi connectivity index (χ1v) is 13.6. The number of hydrogen-bond donors (Lipinski definition) is 0. The number of likely N-dealkylation sites (tertiary alicyclic amines) is 1. The molecular formula is C20H21ClN4O3S3. The number of sulfonamides is 1. The molecule has 1 amide bonds. The summed E-state index contributed by atoms with van der Waals surface area (Å²) in [5, 5.41) is 5.84. The van der Waals surface area contributed by atoms with Crippen molar-refractivity contribution in [1.29, 1.82) is 0 Å². The van der Waals surface area contributed by atoms with E-state index in [2.05, 4.69) is 4.98 Å². The van der Waals surface area contributed by atoms with Crippen molar-refractivity contribution in [2.24, 2.45) is 5.41 Å². The molecule has 0 unspecified atom stereocenters. The predicted octanol–water partition coefficient (Wildman–Crippen LogP) is 3.83. The lowest BCUT2D eigenvalue weighted by molar-refractivity contribution is -0.128. The maximum absolute atomic E-state index is 13.3. The molecule has 164 valence electrons. The first-order chi connectivity index (χ1) is 14.9. The highest BCUT2D eigenvalue weighted by molar-refractivity contribution is 7.89. The quantitative estimate of drug-likeness (QED) is 0.514. The Morgan fingerprint density at radius 3 is 2.71 bits per heavy atom. The van der Waals surface area contributed by atoms with Crippen LogP contribution in [0.1, 0.15) is 24.8 Å². The molecule has 31 heavy (non-hydrogen) atoms.